The molecule has 0 amide bonds. The molecule has 1 aromatic carbocycles. The quantitative estimate of drug-likeness (QED) is 0.866. The minimum atomic E-state index is -0.0390. The van der Waals surface area contributed by atoms with Gasteiger partial charge in [-0.1, -0.05) is 30.3 Å². The molecule has 2 aliphatic rings. The number of piperidine rings is 1. The molecular formula is C16H23NO. The van der Waals surface area contributed by atoms with E-state index < -0.39 is 0 Å². The largest absolute Gasteiger partial charge is 0.393 e. The molecule has 1 aliphatic heterocycles. The summed E-state index contributed by atoms with van der Waals surface area (Å²) in [6.07, 6.45) is 5.76. The summed E-state index contributed by atoms with van der Waals surface area (Å²) in [6.45, 7) is 2.31. The average Bonchev–Trinajstić information content (AvgIpc) is 2.40. The number of hydrogen-bond acceptors (Lipinski definition) is 2. The van der Waals surface area contributed by atoms with Crippen molar-refractivity contribution in [1.82, 2.24) is 4.90 Å². The second kappa shape index (κ2) is 5.41. The fourth-order valence-electron chi connectivity index (χ4n) is 3.75. The molecule has 1 N–H and O–H groups in total. The minimum absolute atomic E-state index is 0.0390. The van der Waals surface area contributed by atoms with Crippen LogP contribution in [0.2, 0.25) is 0 Å². The Bertz CT molecular complexity index is 378. The zero-order valence-electron chi connectivity index (χ0n) is 11.0. The Hall–Kier alpha value is -0.860. The number of aliphatic hydroxyl groups is 1. The average molecular weight is 245 g/mol. The molecule has 0 aromatic heterocycles. The van der Waals surface area contributed by atoms with Crippen LogP contribution in [0.1, 0.15) is 37.7 Å². The van der Waals surface area contributed by atoms with E-state index in [9.17, 15) is 5.11 Å². The van der Waals surface area contributed by atoms with Crippen molar-refractivity contribution in [2.45, 2.75) is 50.8 Å². The number of aliphatic hydroxyl groups excluding tert-OH is 1. The summed E-state index contributed by atoms with van der Waals surface area (Å²) in [7, 11) is 0. The number of nitrogens with zero attached hydrogens (tertiary/aromatic N) is 1. The van der Waals surface area contributed by atoms with Gasteiger partial charge in [0.25, 0.3) is 0 Å². The molecule has 18 heavy (non-hydrogen) atoms. The monoisotopic (exact) mass is 245 g/mol. The molecule has 1 saturated carbocycles. The van der Waals surface area contributed by atoms with Gasteiger partial charge < -0.3 is 5.11 Å². The van der Waals surface area contributed by atoms with Gasteiger partial charge in [-0.15, -0.1) is 0 Å². The van der Waals surface area contributed by atoms with Gasteiger partial charge in [0.15, 0.2) is 0 Å². The van der Waals surface area contributed by atoms with Crippen molar-refractivity contribution in [3.05, 3.63) is 35.9 Å². The van der Waals surface area contributed by atoms with Crippen LogP contribution in [0.3, 0.4) is 0 Å². The molecule has 2 nitrogen and oxygen atoms in total. The van der Waals surface area contributed by atoms with Crippen LogP contribution in [-0.2, 0) is 6.54 Å². The summed E-state index contributed by atoms with van der Waals surface area (Å²) < 4.78 is 0. The van der Waals surface area contributed by atoms with Crippen molar-refractivity contribution < 1.29 is 5.11 Å². The topological polar surface area (TPSA) is 23.5 Å². The lowest BCUT2D eigenvalue weighted by Crippen LogP contribution is -2.48. The number of fused-ring (bicyclic) bond motifs is 1. The molecule has 1 saturated heterocycles. The molecule has 2 heteroatoms. The van der Waals surface area contributed by atoms with Crippen molar-refractivity contribution in [1.29, 1.82) is 0 Å². The van der Waals surface area contributed by atoms with E-state index >= 15 is 0 Å². The van der Waals surface area contributed by atoms with Gasteiger partial charge in [0, 0.05) is 12.6 Å². The predicted molar refractivity (Wildman–Crippen MR) is 73.2 cm³/mol. The van der Waals surface area contributed by atoms with E-state index in [1.165, 1.54) is 31.4 Å². The molecule has 1 aliphatic carbocycles. The molecule has 1 aromatic rings. The van der Waals surface area contributed by atoms with Crippen LogP contribution in [0.25, 0.3) is 0 Å². The number of hydrogen-bond donors (Lipinski definition) is 1. The van der Waals surface area contributed by atoms with E-state index in [-0.39, 0.29) is 6.10 Å². The van der Waals surface area contributed by atoms with E-state index in [1.54, 1.807) is 0 Å². The molecular weight excluding hydrogens is 222 g/mol. The SMILES string of the molecule is O[C@@H]1CC[C@@H]2[C@H](CCCN2Cc2ccccc2)C1. The van der Waals surface area contributed by atoms with Crippen LogP contribution < -0.4 is 0 Å². The van der Waals surface area contributed by atoms with Crippen LogP contribution in [0.5, 0.6) is 0 Å². The molecule has 3 rings (SSSR count). The second-order valence-electron chi connectivity index (χ2n) is 5.89. The van der Waals surface area contributed by atoms with Gasteiger partial charge in [-0.2, -0.15) is 0 Å². The first-order valence-corrected chi connectivity index (χ1v) is 7.29. The van der Waals surface area contributed by atoms with Gasteiger partial charge in [-0.05, 0) is 50.1 Å². The third-order valence-corrected chi connectivity index (χ3v) is 4.63. The van der Waals surface area contributed by atoms with Crippen LogP contribution >= 0.6 is 0 Å². The molecule has 0 radical (unpaired) electrons. The second-order valence-corrected chi connectivity index (χ2v) is 5.89. The normalized spacial score (nSPS) is 33.1. The number of benzene rings is 1. The van der Waals surface area contributed by atoms with Crippen molar-refractivity contribution in [2.75, 3.05) is 6.54 Å². The molecule has 2 fully saturated rings. The first kappa shape index (κ1) is 12.2. The maximum Gasteiger partial charge on any atom is 0.0544 e. The van der Waals surface area contributed by atoms with Gasteiger partial charge in [-0.3, -0.25) is 4.90 Å². The van der Waals surface area contributed by atoms with Gasteiger partial charge in [-0.25, -0.2) is 0 Å². The highest BCUT2D eigenvalue weighted by molar-refractivity contribution is 5.14. The first-order valence-electron chi connectivity index (χ1n) is 7.29. The van der Waals surface area contributed by atoms with E-state index in [0.717, 1.165) is 25.3 Å². The fraction of sp³-hybridized carbons (Fsp3) is 0.625. The Kier molecular flexibility index (Phi) is 3.67. The van der Waals surface area contributed by atoms with Crippen molar-refractivity contribution in [2.24, 2.45) is 5.92 Å². The third kappa shape index (κ3) is 2.60. The molecule has 98 valence electrons. The van der Waals surface area contributed by atoms with E-state index in [4.69, 9.17) is 0 Å². The van der Waals surface area contributed by atoms with E-state index in [2.05, 4.69) is 35.2 Å². The van der Waals surface area contributed by atoms with E-state index in [0.29, 0.717) is 6.04 Å². The van der Waals surface area contributed by atoms with Crippen LogP contribution in [-0.4, -0.2) is 28.7 Å². The summed E-state index contributed by atoms with van der Waals surface area (Å²) in [6, 6.07) is 11.5. The standard InChI is InChI=1S/C16H23NO/c18-15-8-9-16-14(11-15)7-4-10-17(16)12-13-5-2-1-3-6-13/h1-3,5-6,14-16,18H,4,7-12H2/t14-,15-,16-/m1/s1. The Morgan fingerprint density at radius 3 is 2.78 bits per heavy atom. The third-order valence-electron chi connectivity index (χ3n) is 4.63. The highest BCUT2D eigenvalue weighted by atomic mass is 16.3. The number of likely N-dealkylation sites (tertiary alicyclic amines) is 1. The zero-order chi connectivity index (χ0) is 12.4. The highest BCUT2D eigenvalue weighted by Gasteiger charge is 2.35. The van der Waals surface area contributed by atoms with Crippen LogP contribution in [0, 0.1) is 5.92 Å². The summed E-state index contributed by atoms with van der Waals surface area (Å²) in [4.78, 5) is 2.65. The lowest BCUT2D eigenvalue weighted by Gasteiger charge is -2.45. The van der Waals surface area contributed by atoms with Crippen molar-refractivity contribution in [3.8, 4) is 0 Å². The maximum absolute atomic E-state index is 9.81. The van der Waals surface area contributed by atoms with Gasteiger partial charge in [0.2, 0.25) is 0 Å². The first-order chi connectivity index (χ1) is 8.83. The van der Waals surface area contributed by atoms with Gasteiger partial charge >= 0.3 is 0 Å². The van der Waals surface area contributed by atoms with Crippen LogP contribution in [0.4, 0.5) is 0 Å². The predicted octanol–water partition coefficient (Wildman–Crippen LogP) is 2.81. The van der Waals surface area contributed by atoms with E-state index in [1.807, 2.05) is 0 Å². The Morgan fingerprint density at radius 2 is 1.94 bits per heavy atom. The molecule has 3 atom stereocenters. The lowest BCUT2D eigenvalue weighted by molar-refractivity contribution is 0.00134. The Morgan fingerprint density at radius 1 is 1.11 bits per heavy atom. The molecule has 0 bridgehead atoms. The van der Waals surface area contributed by atoms with Crippen LogP contribution in [0.15, 0.2) is 30.3 Å². The highest BCUT2D eigenvalue weighted by Crippen LogP contribution is 2.36. The molecule has 0 unspecified atom stereocenters. The fourth-order valence-corrected chi connectivity index (χ4v) is 3.75. The Balaban J connectivity index is 1.68. The minimum Gasteiger partial charge on any atom is -0.393 e. The summed E-state index contributed by atoms with van der Waals surface area (Å²) in [5, 5.41) is 9.81. The van der Waals surface area contributed by atoms with Gasteiger partial charge in [0.1, 0.15) is 0 Å². The summed E-state index contributed by atoms with van der Waals surface area (Å²) in [5.41, 5.74) is 1.42. The van der Waals surface area contributed by atoms with Crippen molar-refractivity contribution >= 4 is 0 Å². The number of rotatable bonds is 2. The maximum atomic E-state index is 9.81. The van der Waals surface area contributed by atoms with Crippen molar-refractivity contribution in [3.63, 3.8) is 0 Å². The van der Waals surface area contributed by atoms with Gasteiger partial charge in [0.05, 0.1) is 6.10 Å². The molecule has 0 spiro atoms. The summed E-state index contributed by atoms with van der Waals surface area (Å²) >= 11 is 0. The Labute approximate surface area is 110 Å². The molecule has 1 heterocycles. The zero-order valence-corrected chi connectivity index (χ0v) is 11.0. The lowest BCUT2D eigenvalue weighted by atomic mass is 9.77. The summed E-state index contributed by atoms with van der Waals surface area (Å²) in [5.74, 6) is 0.728. The smallest absolute Gasteiger partial charge is 0.0544 e.